The predicted octanol–water partition coefficient (Wildman–Crippen LogP) is 4.15. The molecule has 0 aliphatic carbocycles. The number of hydrogen-bond acceptors (Lipinski definition) is 6. The van der Waals surface area contributed by atoms with Gasteiger partial charge in [0.25, 0.3) is 7.82 Å². The van der Waals surface area contributed by atoms with Gasteiger partial charge in [0.05, 0.1) is 34.4 Å². The maximum absolute atomic E-state index is 11.8. The molecule has 2 unspecified atom stereocenters. The molecule has 7 nitrogen and oxygen atoms in total. The summed E-state index contributed by atoms with van der Waals surface area (Å²) in [6.07, 6.45) is 12.4. The molecule has 176 valence electrons. The normalized spacial score (nSPS) is 15.4. The molecule has 0 spiro atoms. The first kappa shape index (κ1) is 29.0. The number of ether oxygens (including phenoxy) is 2. The Morgan fingerprint density at radius 3 is 1.90 bits per heavy atom. The standard InChI is InChI=1S/C21H46NO6P/c1-6-7-8-9-10-11-12-13-14-15-17-26-19-21(25-5)20-28-29(23,24)27-18-16-22(2,3)4/h21H,6-20H2,1-5H3. The Morgan fingerprint density at radius 1 is 0.828 bits per heavy atom. The van der Waals surface area contributed by atoms with E-state index in [1.807, 2.05) is 21.1 Å². The van der Waals surface area contributed by atoms with Crippen LogP contribution in [0.25, 0.3) is 0 Å². The molecular weight excluding hydrogens is 393 g/mol. The van der Waals surface area contributed by atoms with E-state index in [1.165, 1.54) is 64.9 Å². The Morgan fingerprint density at radius 2 is 1.38 bits per heavy atom. The van der Waals surface area contributed by atoms with Crippen molar-refractivity contribution in [1.29, 1.82) is 0 Å². The molecule has 0 radical (unpaired) electrons. The molecule has 8 heteroatoms. The van der Waals surface area contributed by atoms with Gasteiger partial charge in [-0.1, -0.05) is 64.7 Å². The van der Waals surface area contributed by atoms with Gasteiger partial charge in [-0.25, -0.2) is 0 Å². The Balaban J connectivity index is 3.65. The average molecular weight is 440 g/mol. The molecule has 0 amide bonds. The summed E-state index contributed by atoms with van der Waals surface area (Å²) in [5.41, 5.74) is 0. The zero-order valence-electron chi connectivity index (χ0n) is 19.5. The van der Waals surface area contributed by atoms with E-state index in [-0.39, 0.29) is 13.2 Å². The SMILES string of the molecule is CCCCCCCCCCCCOCC(COP(=O)([O-])OCC[N+](C)(C)C)OC. The second kappa shape index (κ2) is 17.6. The maximum Gasteiger partial charge on any atom is 0.268 e. The van der Waals surface area contributed by atoms with E-state index in [9.17, 15) is 9.46 Å². The van der Waals surface area contributed by atoms with Crippen LogP contribution >= 0.6 is 7.82 Å². The summed E-state index contributed by atoms with van der Waals surface area (Å²) in [5.74, 6) is 0. The highest BCUT2D eigenvalue weighted by molar-refractivity contribution is 7.45. The lowest BCUT2D eigenvalue weighted by molar-refractivity contribution is -0.870. The first-order valence-electron chi connectivity index (χ1n) is 11.2. The molecule has 29 heavy (non-hydrogen) atoms. The fraction of sp³-hybridized carbons (Fsp3) is 1.00. The van der Waals surface area contributed by atoms with Crippen molar-refractivity contribution >= 4 is 7.82 Å². The quantitative estimate of drug-likeness (QED) is 0.152. The fourth-order valence-corrected chi connectivity index (χ4v) is 3.46. The van der Waals surface area contributed by atoms with Gasteiger partial charge in [0, 0.05) is 13.7 Å². The minimum atomic E-state index is -4.31. The van der Waals surface area contributed by atoms with Crippen molar-refractivity contribution < 1.29 is 32.5 Å². The molecule has 0 aromatic heterocycles. The summed E-state index contributed by atoms with van der Waals surface area (Å²) in [5, 5.41) is 0. The molecular formula is C21H46NO6P. The third-order valence-corrected chi connectivity index (χ3v) is 5.67. The van der Waals surface area contributed by atoms with Crippen LogP contribution in [0.15, 0.2) is 0 Å². The highest BCUT2D eigenvalue weighted by atomic mass is 31.2. The third kappa shape index (κ3) is 21.0. The Bertz CT molecular complexity index is 416. The molecule has 0 saturated heterocycles. The van der Waals surface area contributed by atoms with E-state index >= 15 is 0 Å². The minimum Gasteiger partial charge on any atom is -0.756 e. The topological polar surface area (TPSA) is 77.1 Å². The molecule has 0 fully saturated rings. The Hall–Kier alpha value is -0.0100. The van der Waals surface area contributed by atoms with Crippen LogP contribution in [0.2, 0.25) is 0 Å². The van der Waals surface area contributed by atoms with Crippen molar-refractivity contribution in [3.05, 3.63) is 0 Å². The van der Waals surface area contributed by atoms with Gasteiger partial charge in [-0.05, 0) is 6.42 Å². The molecule has 0 heterocycles. The lowest BCUT2D eigenvalue weighted by atomic mass is 10.1. The van der Waals surface area contributed by atoms with Crippen LogP contribution in [0, 0.1) is 0 Å². The van der Waals surface area contributed by atoms with Crippen molar-refractivity contribution in [2.75, 3.05) is 61.2 Å². The van der Waals surface area contributed by atoms with Gasteiger partial charge < -0.3 is 27.9 Å². The number of methoxy groups -OCH3 is 1. The zero-order chi connectivity index (χ0) is 22.0. The summed E-state index contributed by atoms with van der Waals surface area (Å²) in [4.78, 5) is 11.8. The molecule has 0 aromatic carbocycles. The molecule has 0 N–H and O–H groups in total. The summed E-state index contributed by atoms with van der Waals surface area (Å²) in [6, 6.07) is 0. The first-order valence-corrected chi connectivity index (χ1v) is 12.7. The average Bonchev–Trinajstić information content (AvgIpc) is 2.63. The zero-order valence-corrected chi connectivity index (χ0v) is 20.4. The minimum absolute atomic E-state index is 0.0944. The van der Waals surface area contributed by atoms with Crippen LogP contribution in [0.5, 0.6) is 0 Å². The summed E-state index contributed by atoms with van der Waals surface area (Å²) < 4.78 is 33.1. The Labute approximate surface area is 179 Å². The Kier molecular flexibility index (Phi) is 17.6. The number of nitrogens with zero attached hydrogens (tertiary/aromatic N) is 1. The van der Waals surface area contributed by atoms with Crippen molar-refractivity contribution in [3.8, 4) is 0 Å². The smallest absolute Gasteiger partial charge is 0.268 e. The second-order valence-electron chi connectivity index (χ2n) is 8.70. The monoisotopic (exact) mass is 439 g/mol. The number of rotatable bonds is 21. The van der Waals surface area contributed by atoms with Crippen molar-refractivity contribution in [1.82, 2.24) is 0 Å². The van der Waals surface area contributed by atoms with Crippen LogP contribution in [-0.2, 0) is 23.1 Å². The van der Waals surface area contributed by atoms with E-state index in [0.717, 1.165) is 6.42 Å². The molecule has 2 atom stereocenters. The third-order valence-electron chi connectivity index (χ3n) is 4.71. The maximum atomic E-state index is 11.8. The predicted molar refractivity (Wildman–Crippen MR) is 116 cm³/mol. The number of unbranched alkanes of at least 4 members (excludes halogenated alkanes) is 9. The number of phosphoric acid groups is 1. The lowest BCUT2D eigenvalue weighted by Crippen LogP contribution is -2.37. The number of phosphoric ester groups is 1. The van der Waals surface area contributed by atoms with Gasteiger partial charge in [-0.2, -0.15) is 0 Å². The van der Waals surface area contributed by atoms with Gasteiger partial charge in [0.1, 0.15) is 19.3 Å². The number of hydrogen-bond donors (Lipinski definition) is 0. The molecule has 0 bridgehead atoms. The largest absolute Gasteiger partial charge is 0.756 e. The van der Waals surface area contributed by atoms with Gasteiger partial charge >= 0.3 is 0 Å². The molecule has 0 aliphatic heterocycles. The van der Waals surface area contributed by atoms with E-state index in [4.69, 9.17) is 18.5 Å². The van der Waals surface area contributed by atoms with Gasteiger partial charge in [-0.3, -0.25) is 4.57 Å². The van der Waals surface area contributed by atoms with Crippen molar-refractivity contribution in [3.63, 3.8) is 0 Å². The highest BCUT2D eigenvalue weighted by Crippen LogP contribution is 2.38. The summed E-state index contributed by atoms with van der Waals surface area (Å²) in [6.45, 7) is 3.79. The highest BCUT2D eigenvalue weighted by Gasteiger charge is 2.16. The van der Waals surface area contributed by atoms with Crippen molar-refractivity contribution in [2.24, 2.45) is 0 Å². The summed E-state index contributed by atoms with van der Waals surface area (Å²) >= 11 is 0. The first-order chi connectivity index (χ1) is 13.7. The van der Waals surface area contributed by atoms with Gasteiger partial charge in [-0.15, -0.1) is 0 Å². The van der Waals surface area contributed by atoms with Crippen LogP contribution in [0.4, 0.5) is 0 Å². The van der Waals surface area contributed by atoms with Crippen molar-refractivity contribution in [2.45, 2.75) is 77.2 Å². The fourth-order valence-electron chi connectivity index (χ4n) is 2.73. The molecule has 0 aromatic rings. The van der Waals surface area contributed by atoms with E-state index in [0.29, 0.717) is 24.2 Å². The lowest BCUT2D eigenvalue weighted by Gasteiger charge is -2.28. The van der Waals surface area contributed by atoms with Crippen LogP contribution in [0.1, 0.15) is 71.1 Å². The second-order valence-corrected chi connectivity index (χ2v) is 10.1. The van der Waals surface area contributed by atoms with Crippen LogP contribution < -0.4 is 4.89 Å². The summed E-state index contributed by atoms with van der Waals surface area (Å²) in [7, 11) is 3.10. The van der Waals surface area contributed by atoms with E-state index in [2.05, 4.69) is 6.92 Å². The van der Waals surface area contributed by atoms with Gasteiger partial charge in [0.15, 0.2) is 0 Å². The molecule has 0 rings (SSSR count). The van der Waals surface area contributed by atoms with Crippen LogP contribution in [0.3, 0.4) is 0 Å². The van der Waals surface area contributed by atoms with Crippen LogP contribution in [-0.4, -0.2) is 71.8 Å². The van der Waals surface area contributed by atoms with Gasteiger partial charge in [0.2, 0.25) is 0 Å². The van der Waals surface area contributed by atoms with E-state index < -0.39 is 13.9 Å². The number of quaternary nitrogens is 1. The molecule has 0 saturated carbocycles. The van der Waals surface area contributed by atoms with E-state index in [1.54, 1.807) is 0 Å². The number of likely N-dealkylation sites (N-methyl/N-ethyl adjacent to an activating group) is 1. The molecule has 0 aliphatic rings.